The van der Waals surface area contributed by atoms with Crippen molar-refractivity contribution in [3.8, 4) is 5.75 Å². The Labute approximate surface area is 170 Å². The van der Waals surface area contributed by atoms with Crippen LogP contribution in [0.2, 0.25) is 0 Å². The minimum Gasteiger partial charge on any atom is -0.497 e. The molecule has 2 heterocycles. The van der Waals surface area contributed by atoms with Gasteiger partial charge in [-0.1, -0.05) is 12.1 Å². The van der Waals surface area contributed by atoms with Crippen molar-refractivity contribution >= 4 is 17.5 Å². The molecule has 7 heteroatoms. The number of methoxy groups -OCH3 is 1. The van der Waals surface area contributed by atoms with E-state index in [4.69, 9.17) is 4.74 Å². The van der Waals surface area contributed by atoms with Gasteiger partial charge in [-0.15, -0.1) is 0 Å². The maximum absolute atomic E-state index is 13.3. The summed E-state index contributed by atoms with van der Waals surface area (Å²) >= 11 is 0. The first-order chi connectivity index (χ1) is 13.9. The molecule has 7 nitrogen and oxygen atoms in total. The van der Waals surface area contributed by atoms with Crippen LogP contribution in [0.25, 0.3) is 0 Å². The number of pyridine rings is 1. The number of Topliss-reactive ketones (excluding diaryl/α,β-unsaturated/α-hetero) is 2. The van der Waals surface area contributed by atoms with Crippen molar-refractivity contribution in [2.45, 2.75) is 12.5 Å². The lowest BCUT2D eigenvalue weighted by Crippen LogP contribution is -3.05. The number of ether oxygens (including phenoxy) is 1. The van der Waals surface area contributed by atoms with Gasteiger partial charge >= 0.3 is 0 Å². The Bertz CT molecular complexity index is 898. The second kappa shape index (κ2) is 8.96. The number of quaternary nitrogens is 1. The Kier molecular flexibility index (Phi) is 6.39. The molecule has 0 radical (unpaired) electrons. The Morgan fingerprint density at radius 1 is 1.17 bits per heavy atom. The van der Waals surface area contributed by atoms with E-state index in [1.165, 1.54) is 12.0 Å². The summed E-state index contributed by atoms with van der Waals surface area (Å²) in [4.78, 5) is 45.8. The summed E-state index contributed by atoms with van der Waals surface area (Å²) in [5.74, 6) is -2.17. The molecule has 0 aliphatic carbocycles. The SMILES string of the molecule is COc1cccc(C(=O)C2C(=O)C(=O)N(CCC[NH+](C)C)C2c2ccncc2)c1. The monoisotopic (exact) mass is 396 g/mol. The Balaban J connectivity index is 1.97. The predicted octanol–water partition coefficient (Wildman–Crippen LogP) is 0.576. The minimum absolute atomic E-state index is 0.356. The summed E-state index contributed by atoms with van der Waals surface area (Å²) in [6, 6.07) is 9.56. The number of nitrogens with one attached hydrogen (secondary N) is 1. The van der Waals surface area contributed by atoms with Gasteiger partial charge in [-0.2, -0.15) is 0 Å². The zero-order valence-corrected chi connectivity index (χ0v) is 16.9. The van der Waals surface area contributed by atoms with Crippen molar-refractivity contribution in [2.75, 3.05) is 34.3 Å². The zero-order chi connectivity index (χ0) is 21.0. The number of nitrogens with zero attached hydrogens (tertiary/aromatic N) is 2. The van der Waals surface area contributed by atoms with Crippen LogP contribution in [0.3, 0.4) is 0 Å². The van der Waals surface area contributed by atoms with Crippen LogP contribution in [-0.4, -0.2) is 61.7 Å². The van der Waals surface area contributed by atoms with Crippen LogP contribution >= 0.6 is 0 Å². The zero-order valence-electron chi connectivity index (χ0n) is 16.9. The first-order valence-electron chi connectivity index (χ1n) is 9.66. The summed E-state index contributed by atoms with van der Waals surface area (Å²) < 4.78 is 5.20. The van der Waals surface area contributed by atoms with E-state index in [1.807, 2.05) is 14.1 Å². The fraction of sp³-hybridized carbons (Fsp3) is 0.364. The molecule has 1 N–H and O–H groups in total. The highest BCUT2D eigenvalue weighted by Gasteiger charge is 2.51. The van der Waals surface area contributed by atoms with Gasteiger partial charge in [0, 0.05) is 30.9 Å². The van der Waals surface area contributed by atoms with Crippen molar-refractivity contribution in [2.24, 2.45) is 5.92 Å². The normalized spacial score (nSPS) is 19.1. The van der Waals surface area contributed by atoms with E-state index < -0.39 is 23.7 Å². The Morgan fingerprint density at radius 3 is 2.55 bits per heavy atom. The summed E-state index contributed by atoms with van der Waals surface area (Å²) in [6.45, 7) is 1.28. The minimum atomic E-state index is -1.08. The molecular weight excluding hydrogens is 370 g/mol. The highest BCUT2D eigenvalue weighted by molar-refractivity contribution is 6.44. The van der Waals surface area contributed by atoms with Gasteiger partial charge in [0.05, 0.1) is 33.8 Å². The van der Waals surface area contributed by atoms with E-state index in [0.717, 1.165) is 18.5 Å². The lowest BCUT2D eigenvalue weighted by molar-refractivity contribution is -0.858. The molecule has 2 aromatic rings. The van der Waals surface area contributed by atoms with E-state index in [1.54, 1.807) is 53.7 Å². The maximum atomic E-state index is 13.3. The molecule has 1 aromatic heterocycles. The molecule has 3 rings (SSSR count). The average molecular weight is 396 g/mol. The average Bonchev–Trinajstić information content (AvgIpc) is 2.98. The number of benzene rings is 1. The summed E-state index contributed by atoms with van der Waals surface area (Å²) in [7, 11) is 5.58. The number of carbonyl (C=O) groups is 3. The number of likely N-dealkylation sites (tertiary alicyclic amines) is 1. The van der Waals surface area contributed by atoms with E-state index in [2.05, 4.69) is 4.98 Å². The standard InChI is InChI=1S/C22H25N3O4/c1-24(2)12-5-13-25-19(15-8-10-23-11-9-15)18(21(27)22(25)28)20(26)16-6-4-7-17(14-16)29-3/h4,6-11,14,18-19H,5,12-13H2,1-3H3/p+1. The molecule has 29 heavy (non-hydrogen) atoms. The molecule has 0 saturated carbocycles. The van der Waals surface area contributed by atoms with Crippen molar-refractivity contribution in [3.05, 3.63) is 59.9 Å². The highest BCUT2D eigenvalue weighted by atomic mass is 16.5. The maximum Gasteiger partial charge on any atom is 0.291 e. The first kappa shape index (κ1) is 20.7. The second-order valence-electron chi connectivity index (χ2n) is 7.47. The molecule has 1 aliphatic heterocycles. The Morgan fingerprint density at radius 2 is 1.90 bits per heavy atom. The topological polar surface area (TPSA) is 81.0 Å². The molecule has 2 unspecified atom stereocenters. The molecule has 1 amide bonds. The first-order valence-corrected chi connectivity index (χ1v) is 9.66. The van der Waals surface area contributed by atoms with Gasteiger partial charge in [0.25, 0.3) is 5.91 Å². The largest absolute Gasteiger partial charge is 0.497 e. The molecule has 1 saturated heterocycles. The van der Waals surface area contributed by atoms with Crippen LogP contribution in [0.5, 0.6) is 5.75 Å². The quantitative estimate of drug-likeness (QED) is 0.401. The van der Waals surface area contributed by atoms with E-state index >= 15 is 0 Å². The summed E-state index contributed by atoms with van der Waals surface area (Å²) in [5, 5.41) is 0. The van der Waals surface area contributed by atoms with E-state index in [0.29, 0.717) is 17.9 Å². The molecule has 2 atom stereocenters. The number of hydrogen-bond donors (Lipinski definition) is 1. The van der Waals surface area contributed by atoms with Crippen LogP contribution in [0.15, 0.2) is 48.8 Å². The van der Waals surface area contributed by atoms with Crippen LogP contribution in [0.1, 0.15) is 28.4 Å². The van der Waals surface area contributed by atoms with Crippen molar-refractivity contribution in [1.29, 1.82) is 0 Å². The van der Waals surface area contributed by atoms with Gasteiger partial charge in [0.15, 0.2) is 5.78 Å². The van der Waals surface area contributed by atoms with Gasteiger partial charge in [-0.25, -0.2) is 0 Å². The molecular formula is C22H26N3O4+. The van der Waals surface area contributed by atoms with E-state index in [-0.39, 0.29) is 5.78 Å². The number of aromatic nitrogens is 1. The van der Waals surface area contributed by atoms with Crippen molar-refractivity contribution in [1.82, 2.24) is 9.88 Å². The smallest absolute Gasteiger partial charge is 0.291 e. The number of hydrogen-bond acceptors (Lipinski definition) is 5. The number of carbonyl (C=O) groups excluding carboxylic acids is 3. The summed E-state index contributed by atoms with van der Waals surface area (Å²) in [5.41, 5.74) is 1.09. The van der Waals surface area contributed by atoms with Crippen LogP contribution in [-0.2, 0) is 9.59 Å². The lowest BCUT2D eigenvalue weighted by Gasteiger charge is -2.27. The molecule has 0 bridgehead atoms. The van der Waals surface area contributed by atoms with Gasteiger partial charge in [0.1, 0.15) is 11.7 Å². The van der Waals surface area contributed by atoms with Crippen molar-refractivity contribution in [3.63, 3.8) is 0 Å². The molecule has 0 spiro atoms. The fourth-order valence-electron chi connectivity index (χ4n) is 3.72. The van der Waals surface area contributed by atoms with Gasteiger partial charge < -0.3 is 14.5 Å². The highest BCUT2D eigenvalue weighted by Crippen LogP contribution is 2.38. The lowest BCUT2D eigenvalue weighted by atomic mass is 9.86. The van der Waals surface area contributed by atoms with Crippen LogP contribution in [0, 0.1) is 5.92 Å². The van der Waals surface area contributed by atoms with Crippen LogP contribution in [0.4, 0.5) is 0 Å². The third-order valence-corrected chi connectivity index (χ3v) is 5.17. The second-order valence-corrected chi connectivity index (χ2v) is 7.47. The summed E-state index contributed by atoms with van der Waals surface area (Å²) in [6.07, 6.45) is 3.96. The molecule has 1 aromatic carbocycles. The van der Waals surface area contributed by atoms with Crippen molar-refractivity contribution < 1.29 is 24.0 Å². The third-order valence-electron chi connectivity index (χ3n) is 5.17. The number of ketones is 2. The molecule has 152 valence electrons. The van der Waals surface area contributed by atoms with Gasteiger partial charge in [0.2, 0.25) is 5.78 Å². The van der Waals surface area contributed by atoms with Gasteiger partial charge in [-0.05, 0) is 29.8 Å². The van der Waals surface area contributed by atoms with E-state index in [9.17, 15) is 14.4 Å². The molecule has 1 aliphatic rings. The third kappa shape index (κ3) is 4.35. The van der Waals surface area contributed by atoms with Crippen LogP contribution < -0.4 is 9.64 Å². The fourth-order valence-corrected chi connectivity index (χ4v) is 3.72. The van der Waals surface area contributed by atoms with Gasteiger partial charge in [-0.3, -0.25) is 19.4 Å². The Hall–Kier alpha value is -3.06. The number of amides is 1. The predicted molar refractivity (Wildman–Crippen MR) is 107 cm³/mol. The number of rotatable bonds is 8. The molecule has 1 fully saturated rings.